The molecule has 6 heteroatoms. The summed E-state index contributed by atoms with van der Waals surface area (Å²) in [5.41, 5.74) is 3.67. The van der Waals surface area contributed by atoms with Crippen LogP contribution in [-0.2, 0) is 17.6 Å². The van der Waals surface area contributed by atoms with Gasteiger partial charge in [-0.15, -0.1) is 0 Å². The van der Waals surface area contributed by atoms with E-state index in [0.717, 1.165) is 30.5 Å². The number of rotatable bonds is 7. The quantitative estimate of drug-likeness (QED) is 0.684. The summed E-state index contributed by atoms with van der Waals surface area (Å²) >= 11 is 0. The number of amides is 2. The van der Waals surface area contributed by atoms with E-state index < -0.39 is 17.5 Å². The molecule has 154 valence electrons. The van der Waals surface area contributed by atoms with Gasteiger partial charge in [-0.2, -0.15) is 0 Å². The number of nitrogens with one attached hydrogen (secondary N) is 2. The average Bonchev–Trinajstić information content (AvgIpc) is 2.70. The van der Waals surface area contributed by atoms with Crippen molar-refractivity contribution in [3.05, 3.63) is 70.3 Å². The van der Waals surface area contributed by atoms with E-state index in [-0.39, 0.29) is 30.5 Å². The average molecular weight is 400 g/mol. The summed E-state index contributed by atoms with van der Waals surface area (Å²) in [7, 11) is 0. The predicted octanol–water partition coefficient (Wildman–Crippen LogP) is 4.23. The van der Waals surface area contributed by atoms with Crippen LogP contribution in [-0.4, -0.2) is 18.4 Å². The lowest BCUT2D eigenvalue weighted by molar-refractivity contribution is -0.121. The molecule has 0 spiro atoms. The molecule has 0 saturated carbocycles. The third kappa shape index (κ3) is 5.62. The zero-order valence-corrected chi connectivity index (χ0v) is 16.6. The zero-order valence-electron chi connectivity index (χ0n) is 16.6. The molecule has 3 rings (SSSR count). The Kier molecular flexibility index (Phi) is 6.96. The lowest BCUT2D eigenvalue weighted by atomic mass is 9.89. The third-order valence-electron chi connectivity index (χ3n) is 5.29. The zero-order chi connectivity index (χ0) is 20.8. The van der Waals surface area contributed by atoms with Crippen LogP contribution in [0.15, 0.2) is 36.4 Å². The minimum Gasteiger partial charge on any atom is -0.352 e. The minimum atomic E-state index is -0.904. The fraction of sp³-hybridized carbons (Fsp3) is 0.391. The molecule has 0 bridgehead atoms. The maximum Gasteiger partial charge on any atom is 0.254 e. The molecule has 1 unspecified atom stereocenters. The van der Waals surface area contributed by atoms with Crippen LogP contribution in [0.25, 0.3) is 0 Å². The van der Waals surface area contributed by atoms with Crippen molar-refractivity contribution in [3.8, 4) is 0 Å². The van der Waals surface area contributed by atoms with Crippen LogP contribution >= 0.6 is 0 Å². The van der Waals surface area contributed by atoms with Gasteiger partial charge in [0.05, 0.1) is 11.6 Å². The largest absolute Gasteiger partial charge is 0.352 e. The highest BCUT2D eigenvalue weighted by molar-refractivity contribution is 5.94. The number of benzene rings is 2. The molecular weight excluding hydrogens is 374 g/mol. The van der Waals surface area contributed by atoms with Crippen molar-refractivity contribution in [1.29, 1.82) is 0 Å². The molecule has 4 nitrogen and oxygen atoms in total. The predicted molar refractivity (Wildman–Crippen MR) is 108 cm³/mol. The monoisotopic (exact) mass is 400 g/mol. The molecule has 2 aromatic rings. The van der Waals surface area contributed by atoms with Crippen LogP contribution in [0.3, 0.4) is 0 Å². The second-order valence-electron chi connectivity index (χ2n) is 7.51. The van der Waals surface area contributed by atoms with Crippen LogP contribution in [0, 0.1) is 11.6 Å². The number of hydrogen-bond acceptors (Lipinski definition) is 2. The lowest BCUT2D eigenvalue weighted by Gasteiger charge is -2.20. The number of hydrogen-bond donors (Lipinski definition) is 2. The van der Waals surface area contributed by atoms with Gasteiger partial charge >= 0.3 is 0 Å². The smallest absolute Gasteiger partial charge is 0.254 e. The Balaban J connectivity index is 1.42. The molecule has 0 fully saturated rings. The van der Waals surface area contributed by atoms with Crippen LogP contribution in [0.4, 0.5) is 8.78 Å². The number of aryl methyl sites for hydroxylation is 2. The molecule has 0 heterocycles. The Labute approximate surface area is 169 Å². The van der Waals surface area contributed by atoms with E-state index in [9.17, 15) is 18.4 Å². The van der Waals surface area contributed by atoms with Gasteiger partial charge in [-0.1, -0.05) is 18.2 Å². The SMILES string of the molecule is CC(NC(=O)CCCNC(=O)c1ccc(F)cc1F)c1ccc2c(c1)CCCC2. The van der Waals surface area contributed by atoms with E-state index in [4.69, 9.17) is 0 Å². The van der Waals surface area contributed by atoms with Gasteiger partial charge < -0.3 is 10.6 Å². The van der Waals surface area contributed by atoms with E-state index >= 15 is 0 Å². The highest BCUT2D eigenvalue weighted by Crippen LogP contribution is 2.24. The van der Waals surface area contributed by atoms with Crippen LogP contribution in [0.1, 0.15) is 65.7 Å². The Morgan fingerprint density at radius 1 is 1.03 bits per heavy atom. The Bertz CT molecular complexity index is 898. The molecule has 0 saturated heterocycles. The number of carbonyl (C=O) groups is 2. The van der Waals surface area contributed by atoms with E-state index in [1.165, 1.54) is 24.0 Å². The first-order valence-electron chi connectivity index (χ1n) is 10.1. The van der Waals surface area contributed by atoms with Crippen LogP contribution in [0.2, 0.25) is 0 Å². The Hall–Kier alpha value is -2.76. The van der Waals surface area contributed by atoms with Crippen molar-refractivity contribution in [3.63, 3.8) is 0 Å². The normalized spacial score (nSPS) is 14.0. The van der Waals surface area contributed by atoms with Crippen molar-refractivity contribution in [2.24, 2.45) is 0 Å². The van der Waals surface area contributed by atoms with Crippen molar-refractivity contribution >= 4 is 11.8 Å². The summed E-state index contributed by atoms with van der Waals surface area (Å²) in [6.07, 6.45) is 5.36. The van der Waals surface area contributed by atoms with Crippen LogP contribution in [0.5, 0.6) is 0 Å². The Morgan fingerprint density at radius 3 is 2.55 bits per heavy atom. The number of carbonyl (C=O) groups excluding carboxylic acids is 2. The van der Waals surface area contributed by atoms with Gasteiger partial charge in [-0.3, -0.25) is 9.59 Å². The minimum absolute atomic E-state index is 0.0855. The van der Waals surface area contributed by atoms with Gasteiger partial charge in [0.25, 0.3) is 5.91 Å². The molecule has 2 N–H and O–H groups in total. The molecule has 1 atom stereocenters. The Morgan fingerprint density at radius 2 is 1.79 bits per heavy atom. The first-order chi connectivity index (χ1) is 13.9. The van der Waals surface area contributed by atoms with Crippen molar-refractivity contribution < 1.29 is 18.4 Å². The molecule has 0 aromatic heterocycles. The molecule has 1 aliphatic rings. The molecular formula is C23H26F2N2O2. The number of fused-ring (bicyclic) bond motifs is 1. The standard InChI is InChI=1S/C23H26F2N2O2/c1-15(17-9-8-16-5-2-3-6-18(16)13-17)27-22(28)7-4-12-26-23(29)20-11-10-19(24)14-21(20)25/h8-11,13-15H,2-7,12H2,1H3,(H,26,29)(H,27,28). The topological polar surface area (TPSA) is 58.2 Å². The second-order valence-corrected chi connectivity index (χ2v) is 7.51. The van der Waals surface area contributed by atoms with Gasteiger partial charge in [0, 0.05) is 19.0 Å². The maximum absolute atomic E-state index is 13.6. The van der Waals surface area contributed by atoms with Crippen molar-refractivity contribution in [2.75, 3.05) is 6.54 Å². The molecule has 2 amide bonds. The van der Waals surface area contributed by atoms with E-state index in [1.807, 2.05) is 6.92 Å². The molecule has 29 heavy (non-hydrogen) atoms. The highest BCUT2D eigenvalue weighted by atomic mass is 19.1. The van der Waals surface area contributed by atoms with Crippen LogP contribution < -0.4 is 10.6 Å². The first-order valence-corrected chi connectivity index (χ1v) is 10.1. The molecule has 0 aliphatic heterocycles. The lowest BCUT2D eigenvalue weighted by Crippen LogP contribution is -2.29. The third-order valence-corrected chi connectivity index (χ3v) is 5.29. The van der Waals surface area contributed by atoms with Gasteiger partial charge in [0.15, 0.2) is 0 Å². The molecule has 1 aliphatic carbocycles. The van der Waals surface area contributed by atoms with E-state index in [1.54, 1.807) is 0 Å². The van der Waals surface area contributed by atoms with Gasteiger partial charge in [-0.05, 0) is 67.9 Å². The van der Waals surface area contributed by atoms with Gasteiger partial charge in [0.2, 0.25) is 5.91 Å². The van der Waals surface area contributed by atoms with E-state index in [0.29, 0.717) is 12.5 Å². The van der Waals surface area contributed by atoms with Crippen molar-refractivity contribution in [1.82, 2.24) is 10.6 Å². The van der Waals surface area contributed by atoms with Gasteiger partial charge in [0.1, 0.15) is 11.6 Å². The van der Waals surface area contributed by atoms with E-state index in [2.05, 4.69) is 28.8 Å². The molecule has 0 radical (unpaired) electrons. The summed E-state index contributed by atoms with van der Waals surface area (Å²) in [6.45, 7) is 2.19. The summed E-state index contributed by atoms with van der Waals surface area (Å²) in [5, 5.41) is 5.54. The van der Waals surface area contributed by atoms with Gasteiger partial charge in [-0.25, -0.2) is 8.78 Å². The maximum atomic E-state index is 13.6. The van der Waals surface area contributed by atoms with Crippen molar-refractivity contribution in [2.45, 2.75) is 51.5 Å². The summed E-state index contributed by atoms with van der Waals surface area (Å²) < 4.78 is 26.5. The number of halogens is 2. The fourth-order valence-electron chi connectivity index (χ4n) is 3.64. The first kappa shape index (κ1) is 21.0. The summed E-state index contributed by atoms with van der Waals surface area (Å²) in [4.78, 5) is 24.1. The second kappa shape index (κ2) is 9.63. The fourth-order valence-corrected chi connectivity index (χ4v) is 3.64. The summed E-state index contributed by atoms with van der Waals surface area (Å²) in [6, 6.07) is 9.16. The highest BCUT2D eigenvalue weighted by Gasteiger charge is 2.15. The summed E-state index contributed by atoms with van der Waals surface area (Å²) in [5.74, 6) is -2.36. The molecule has 2 aromatic carbocycles.